The number of hydrogen-bond acceptors (Lipinski definition) is 2. The Kier molecular flexibility index (Phi) is 5.51. The number of nitrogens with zero attached hydrogens (tertiary/aromatic N) is 1. The minimum Gasteiger partial charge on any atom is -0.370 e. The van der Waals surface area contributed by atoms with Crippen LogP contribution in [0.3, 0.4) is 0 Å². The van der Waals surface area contributed by atoms with Crippen molar-refractivity contribution >= 4 is 5.69 Å². The minimum atomic E-state index is -0.501. The molecule has 0 aliphatic carbocycles. The SMILES string of the molecule is CC(C)CN(C)c1c(F)cc(CNC(C)(C)C)cc1F. The molecule has 20 heavy (non-hydrogen) atoms. The van der Waals surface area contributed by atoms with Gasteiger partial charge >= 0.3 is 0 Å². The second-order valence-corrected chi connectivity index (χ2v) is 6.79. The third-order valence-corrected chi connectivity index (χ3v) is 2.92. The van der Waals surface area contributed by atoms with Gasteiger partial charge in [0.1, 0.15) is 17.3 Å². The summed E-state index contributed by atoms with van der Waals surface area (Å²) in [7, 11) is 1.72. The molecule has 114 valence electrons. The second-order valence-electron chi connectivity index (χ2n) is 6.79. The van der Waals surface area contributed by atoms with E-state index in [-0.39, 0.29) is 11.2 Å². The lowest BCUT2D eigenvalue weighted by Crippen LogP contribution is -2.35. The minimum absolute atomic E-state index is 0.0539. The lowest BCUT2D eigenvalue weighted by atomic mass is 10.1. The predicted molar refractivity (Wildman–Crippen MR) is 81.1 cm³/mol. The first-order chi connectivity index (χ1) is 9.10. The fraction of sp³-hybridized carbons (Fsp3) is 0.625. The van der Waals surface area contributed by atoms with Gasteiger partial charge in [-0.15, -0.1) is 0 Å². The van der Waals surface area contributed by atoms with Gasteiger partial charge in [0.25, 0.3) is 0 Å². The smallest absolute Gasteiger partial charge is 0.149 e. The molecule has 0 saturated carbocycles. The third kappa shape index (κ3) is 5.08. The molecular formula is C16H26F2N2. The van der Waals surface area contributed by atoms with Crippen LogP contribution >= 0.6 is 0 Å². The maximum absolute atomic E-state index is 14.1. The Morgan fingerprint density at radius 1 is 1.15 bits per heavy atom. The molecule has 4 heteroatoms. The highest BCUT2D eigenvalue weighted by Crippen LogP contribution is 2.25. The monoisotopic (exact) mass is 284 g/mol. The molecule has 1 rings (SSSR count). The number of benzene rings is 1. The van der Waals surface area contributed by atoms with E-state index in [9.17, 15) is 8.78 Å². The number of rotatable bonds is 5. The maximum atomic E-state index is 14.1. The van der Waals surface area contributed by atoms with Crippen molar-refractivity contribution in [3.63, 3.8) is 0 Å². The zero-order valence-electron chi connectivity index (χ0n) is 13.3. The van der Waals surface area contributed by atoms with E-state index in [4.69, 9.17) is 0 Å². The average molecular weight is 284 g/mol. The Morgan fingerprint density at radius 2 is 1.65 bits per heavy atom. The molecule has 1 aromatic carbocycles. The Balaban J connectivity index is 2.91. The normalized spacial score (nSPS) is 12.1. The quantitative estimate of drug-likeness (QED) is 0.881. The van der Waals surface area contributed by atoms with Crippen molar-refractivity contribution in [3.05, 3.63) is 29.3 Å². The van der Waals surface area contributed by atoms with E-state index in [1.165, 1.54) is 12.1 Å². The van der Waals surface area contributed by atoms with E-state index in [1.54, 1.807) is 11.9 Å². The molecule has 0 radical (unpaired) electrons. The molecule has 0 atom stereocenters. The zero-order valence-corrected chi connectivity index (χ0v) is 13.3. The summed E-state index contributed by atoms with van der Waals surface area (Å²) in [6.07, 6.45) is 0. The molecule has 0 unspecified atom stereocenters. The Bertz CT molecular complexity index is 427. The molecule has 1 N–H and O–H groups in total. The summed E-state index contributed by atoms with van der Waals surface area (Å²) in [6.45, 7) is 11.2. The molecule has 0 spiro atoms. The molecule has 0 amide bonds. The summed E-state index contributed by atoms with van der Waals surface area (Å²) < 4.78 is 28.2. The van der Waals surface area contributed by atoms with Crippen LogP contribution in [0.15, 0.2) is 12.1 Å². The van der Waals surface area contributed by atoms with Gasteiger partial charge in [-0.2, -0.15) is 0 Å². The molecule has 0 bridgehead atoms. The molecular weight excluding hydrogens is 258 g/mol. The Labute approximate surface area is 121 Å². The van der Waals surface area contributed by atoms with Crippen LogP contribution in [0.25, 0.3) is 0 Å². The lowest BCUT2D eigenvalue weighted by molar-refractivity contribution is 0.422. The lowest BCUT2D eigenvalue weighted by Gasteiger charge is -2.24. The van der Waals surface area contributed by atoms with E-state index in [0.29, 0.717) is 24.6 Å². The number of nitrogens with one attached hydrogen (secondary N) is 1. The highest BCUT2D eigenvalue weighted by Gasteiger charge is 2.17. The first-order valence-electron chi connectivity index (χ1n) is 7.04. The number of halogens is 2. The molecule has 0 fully saturated rings. The van der Waals surface area contributed by atoms with Crippen LogP contribution in [0.4, 0.5) is 14.5 Å². The van der Waals surface area contributed by atoms with Gasteiger partial charge in [0.15, 0.2) is 0 Å². The van der Waals surface area contributed by atoms with Gasteiger partial charge in [-0.1, -0.05) is 13.8 Å². The van der Waals surface area contributed by atoms with Crippen molar-refractivity contribution in [2.75, 3.05) is 18.5 Å². The van der Waals surface area contributed by atoms with Crippen LogP contribution in [0.2, 0.25) is 0 Å². The van der Waals surface area contributed by atoms with Crippen molar-refractivity contribution in [2.45, 2.75) is 46.7 Å². The molecule has 2 nitrogen and oxygen atoms in total. The summed E-state index contributed by atoms with van der Waals surface area (Å²) in [5, 5.41) is 3.23. The maximum Gasteiger partial charge on any atom is 0.149 e. The van der Waals surface area contributed by atoms with Gasteiger partial charge in [0.2, 0.25) is 0 Å². The van der Waals surface area contributed by atoms with Crippen molar-refractivity contribution < 1.29 is 8.78 Å². The van der Waals surface area contributed by atoms with E-state index in [2.05, 4.69) is 5.32 Å². The van der Waals surface area contributed by atoms with Gasteiger partial charge in [-0.25, -0.2) is 8.78 Å². The second kappa shape index (κ2) is 6.53. The molecule has 0 saturated heterocycles. The standard InChI is InChI=1S/C16H26F2N2/c1-11(2)10-20(6)15-13(17)7-12(8-14(15)18)9-19-16(3,4)5/h7-8,11,19H,9-10H2,1-6H3. The first-order valence-corrected chi connectivity index (χ1v) is 7.04. The molecule has 0 aromatic heterocycles. The number of hydrogen-bond donors (Lipinski definition) is 1. The van der Waals surface area contributed by atoms with Gasteiger partial charge in [0, 0.05) is 25.7 Å². The van der Waals surface area contributed by atoms with Crippen LogP contribution in [-0.2, 0) is 6.54 Å². The largest absolute Gasteiger partial charge is 0.370 e. The Hall–Kier alpha value is -1.16. The molecule has 0 aliphatic heterocycles. The van der Waals surface area contributed by atoms with Crippen LogP contribution in [0, 0.1) is 17.6 Å². The summed E-state index contributed by atoms with van der Waals surface area (Å²) in [4.78, 5) is 1.64. The molecule has 1 aromatic rings. The van der Waals surface area contributed by atoms with E-state index >= 15 is 0 Å². The third-order valence-electron chi connectivity index (χ3n) is 2.92. The van der Waals surface area contributed by atoms with E-state index in [0.717, 1.165) is 0 Å². The van der Waals surface area contributed by atoms with Crippen molar-refractivity contribution in [2.24, 2.45) is 5.92 Å². The highest BCUT2D eigenvalue weighted by atomic mass is 19.1. The van der Waals surface area contributed by atoms with E-state index in [1.807, 2.05) is 34.6 Å². The van der Waals surface area contributed by atoms with Crippen molar-refractivity contribution in [1.29, 1.82) is 0 Å². The van der Waals surface area contributed by atoms with Gasteiger partial charge in [-0.05, 0) is 44.4 Å². The van der Waals surface area contributed by atoms with Gasteiger partial charge in [-0.3, -0.25) is 0 Å². The van der Waals surface area contributed by atoms with Crippen LogP contribution < -0.4 is 10.2 Å². The average Bonchev–Trinajstić information content (AvgIpc) is 2.23. The topological polar surface area (TPSA) is 15.3 Å². The zero-order chi connectivity index (χ0) is 15.5. The fourth-order valence-corrected chi connectivity index (χ4v) is 2.09. The fourth-order valence-electron chi connectivity index (χ4n) is 2.09. The van der Waals surface area contributed by atoms with Crippen LogP contribution in [-0.4, -0.2) is 19.1 Å². The summed E-state index contributed by atoms with van der Waals surface area (Å²) in [5.41, 5.74) is 0.592. The van der Waals surface area contributed by atoms with Crippen LogP contribution in [0.1, 0.15) is 40.2 Å². The van der Waals surface area contributed by atoms with Crippen molar-refractivity contribution in [1.82, 2.24) is 5.32 Å². The predicted octanol–water partition coefficient (Wildman–Crippen LogP) is 3.95. The van der Waals surface area contributed by atoms with E-state index < -0.39 is 11.6 Å². The van der Waals surface area contributed by atoms with Gasteiger partial charge < -0.3 is 10.2 Å². The Morgan fingerprint density at radius 3 is 2.05 bits per heavy atom. The van der Waals surface area contributed by atoms with Gasteiger partial charge in [0.05, 0.1) is 0 Å². The summed E-state index contributed by atoms with van der Waals surface area (Å²) >= 11 is 0. The number of anilines is 1. The molecule has 0 aliphatic rings. The van der Waals surface area contributed by atoms with Crippen molar-refractivity contribution in [3.8, 4) is 0 Å². The van der Waals surface area contributed by atoms with Crippen LogP contribution in [0.5, 0.6) is 0 Å². The molecule has 0 heterocycles. The summed E-state index contributed by atoms with van der Waals surface area (Å²) in [6, 6.07) is 2.82. The first kappa shape index (κ1) is 16.9. The summed E-state index contributed by atoms with van der Waals surface area (Å²) in [5.74, 6) is -0.654. The highest BCUT2D eigenvalue weighted by molar-refractivity contribution is 5.50.